The molecule has 0 saturated heterocycles. The summed E-state index contributed by atoms with van der Waals surface area (Å²) in [6.07, 6.45) is 2.32. The van der Waals surface area contributed by atoms with Gasteiger partial charge in [0.15, 0.2) is 0 Å². The van der Waals surface area contributed by atoms with Gasteiger partial charge in [-0.3, -0.25) is 0 Å². The molecule has 3 heteroatoms. The smallest absolute Gasteiger partial charge is 0.0198 e. The lowest BCUT2D eigenvalue weighted by molar-refractivity contribution is 0.549. The molecule has 1 nitrogen and oxygen atoms in total. The van der Waals surface area contributed by atoms with E-state index in [0.717, 1.165) is 23.4 Å². The summed E-state index contributed by atoms with van der Waals surface area (Å²) in [5, 5.41) is 3.67. The van der Waals surface area contributed by atoms with Crippen LogP contribution in [0.4, 0.5) is 0 Å². The number of hydrogen-bond acceptors (Lipinski definition) is 2. The molecule has 0 bridgehead atoms. The van der Waals surface area contributed by atoms with Crippen LogP contribution in [-0.2, 0) is 6.42 Å². The maximum Gasteiger partial charge on any atom is 0.0198 e. The second-order valence-electron chi connectivity index (χ2n) is 5.41. The van der Waals surface area contributed by atoms with Gasteiger partial charge in [0.05, 0.1) is 0 Å². The molecule has 0 amide bonds. The first kappa shape index (κ1) is 17.1. The predicted molar refractivity (Wildman–Crippen MR) is 92.1 cm³/mol. The van der Waals surface area contributed by atoms with E-state index in [1.54, 1.807) is 0 Å². The van der Waals surface area contributed by atoms with Crippen LogP contribution in [0.25, 0.3) is 0 Å². The lowest BCUT2D eigenvalue weighted by Crippen LogP contribution is -2.34. The van der Waals surface area contributed by atoms with Crippen LogP contribution < -0.4 is 5.32 Å². The van der Waals surface area contributed by atoms with E-state index in [1.807, 2.05) is 0 Å². The van der Waals surface area contributed by atoms with Crippen LogP contribution in [0, 0.1) is 5.92 Å². The number of benzene rings is 1. The molecule has 0 fully saturated rings. The molecular formula is C16H26BrNS. The van der Waals surface area contributed by atoms with Crippen LogP contribution in [0.2, 0.25) is 0 Å². The minimum absolute atomic E-state index is 0.588. The van der Waals surface area contributed by atoms with Crippen LogP contribution >= 0.6 is 27.7 Å². The Kier molecular flexibility index (Phi) is 8.84. The van der Waals surface area contributed by atoms with E-state index in [2.05, 4.69) is 78.0 Å². The molecule has 1 atom stereocenters. The van der Waals surface area contributed by atoms with Crippen LogP contribution in [0.15, 0.2) is 28.7 Å². The first-order valence-electron chi connectivity index (χ1n) is 7.17. The van der Waals surface area contributed by atoms with E-state index in [-0.39, 0.29) is 0 Å². The third-order valence-electron chi connectivity index (χ3n) is 2.85. The van der Waals surface area contributed by atoms with Crippen molar-refractivity contribution in [3.63, 3.8) is 0 Å². The van der Waals surface area contributed by atoms with Gasteiger partial charge in [0, 0.05) is 16.3 Å². The molecule has 0 heterocycles. The van der Waals surface area contributed by atoms with Crippen molar-refractivity contribution < 1.29 is 0 Å². The SMILES string of the molecule is CCCNC(CSCC(C)C)Cc1ccc(Br)cc1. The van der Waals surface area contributed by atoms with Gasteiger partial charge in [-0.2, -0.15) is 11.8 Å². The zero-order valence-electron chi connectivity index (χ0n) is 12.3. The fraction of sp³-hybridized carbons (Fsp3) is 0.625. The minimum Gasteiger partial charge on any atom is -0.313 e. The minimum atomic E-state index is 0.588. The summed E-state index contributed by atoms with van der Waals surface area (Å²) >= 11 is 5.56. The monoisotopic (exact) mass is 343 g/mol. The lowest BCUT2D eigenvalue weighted by atomic mass is 10.1. The maximum atomic E-state index is 3.67. The van der Waals surface area contributed by atoms with E-state index in [0.29, 0.717) is 6.04 Å². The van der Waals surface area contributed by atoms with Crippen molar-refractivity contribution in [3.05, 3.63) is 34.3 Å². The lowest BCUT2D eigenvalue weighted by Gasteiger charge is -2.19. The Morgan fingerprint density at radius 3 is 2.42 bits per heavy atom. The van der Waals surface area contributed by atoms with E-state index in [9.17, 15) is 0 Å². The molecule has 1 rings (SSSR count). The molecular weight excluding hydrogens is 318 g/mol. The standard InChI is InChI=1S/C16H26BrNS/c1-4-9-18-16(12-19-11-13(2)3)10-14-5-7-15(17)8-6-14/h5-8,13,16,18H,4,9-12H2,1-3H3. The molecule has 0 radical (unpaired) electrons. The molecule has 1 unspecified atom stereocenters. The average Bonchev–Trinajstić information content (AvgIpc) is 2.38. The van der Waals surface area contributed by atoms with Crippen LogP contribution in [0.5, 0.6) is 0 Å². The molecule has 0 aliphatic heterocycles. The number of thioether (sulfide) groups is 1. The van der Waals surface area contributed by atoms with Crippen molar-refractivity contribution in [2.24, 2.45) is 5.92 Å². The van der Waals surface area contributed by atoms with Gasteiger partial charge in [-0.15, -0.1) is 0 Å². The Bertz CT molecular complexity index is 337. The summed E-state index contributed by atoms with van der Waals surface area (Å²) in [5.74, 6) is 3.24. The van der Waals surface area contributed by atoms with Gasteiger partial charge in [-0.05, 0) is 48.8 Å². The van der Waals surface area contributed by atoms with E-state index < -0.39 is 0 Å². The summed E-state index contributed by atoms with van der Waals surface area (Å²) in [7, 11) is 0. The zero-order chi connectivity index (χ0) is 14.1. The Labute approximate surface area is 131 Å². The molecule has 1 aromatic carbocycles. The van der Waals surface area contributed by atoms with Gasteiger partial charge in [0.1, 0.15) is 0 Å². The summed E-state index contributed by atoms with van der Waals surface area (Å²) < 4.78 is 1.16. The molecule has 0 aromatic heterocycles. The van der Waals surface area contributed by atoms with E-state index in [1.165, 1.54) is 23.5 Å². The van der Waals surface area contributed by atoms with Crippen molar-refractivity contribution >= 4 is 27.7 Å². The fourth-order valence-electron chi connectivity index (χ4n) is 1.89. The average molecular weight is 344 g/mol. The molecule has 1 N–H and O–H groups in total. The van der Waals surface area contributed by atoms with Gasteiger partial charge in [0.25, 0.3) is 0 Å². The van der Waals surface area contributed by atoms with E-state index in [4.69, 9.17) is 0 Å². The molecule has 1 aromatic rings. The molecule has 0 aliphatic rings. The highest BCUT2D eigenvalue weighted by Crippen LogP contribution is 2.15. The molecule has 19 heavy (non-hydrogen) atoms. The van der Waals surface area contributed by atoms with Gasteiger partial charge in [-0.1, -0.05) is 48.8 Å². The first-order chi connectivity index (χ1) is 9.11. The topological polar surface area (TPSA) is 12.0 Å². The quantitative estimate of drug-likeness (QED) is 0.694. The summed E-state index contributed by atoms with van der Waals surface area (Å²) in [5.41, 5.74) is 1.42. The summed E-state index contributed by atoms with van der Waals surface area (Å²) in [6, 6.07) is 9.29. The highest BCUT2D eigenvalue weighted by atomic mass is 79.9. The van der Waals surface area contributed by atoms with E-state index >= 15 is 0 Å². The van der Waals surface area contributed by atoms with Gasteiger partial charge < -0.3 is 5.32 Å². The van der Waals surface area contributed by atoms with Crippen molar-refractivity contribution in [1.82, 2.24) is 5.32 Å². The third kappa shape index (κ3) is 8.01. The maximum absolute atomic E-state index is 3.67. The zero-order valence-corrected chi connectivity index (χ0v) is 14.7. The largest absolute Gasteiger partial charge is 0.313 e. The summed E-state index contributed by atoms with van der Waals surface area (Å²) in [6.45, 7) is 7.92. The fourth-order valence-corrected chi connectivity index (χ4v) is 3.28. The van der Waals surface area contributed by atoms with Crippen LogP contribution in [0.3, 0.4) is 0 Å². The Morgan fingerprint density at radius 1 is 1.16 bits per heavy atom. The molecule has 108 valence electrons. The van der Waals surface area contributed by atoms with Crippen molar-refractivity contribution in [2.75, 3.05) is 18.1 Å². The predicted octanol–water partition coefficient (Wildman–Crippen LogP) is 4.75. The number of rotatable bonds is 9. The Morgan fingerprint density at radius 2 is 1.84 bits per heavy atom. The normalized spacial score (nSPS) is 12.9. The number of hydrogen-bond donors (Lipinski definition) is 1. The first-order valence-corrected chi connectivity index (χ1v) is 9.12. The van der Waals surface area contributed by atoms with Crippen molar-refractivity contribution in [3.8, 4) is 0 Å². The van der Waals surface area contributed by atoms with Crippen molar-refractivity contribution in [2.45, 2.75) is 39.7 Å². The Balaban J connectivity index is 2.45. The highest BCUT2D eigenvalue weighted by Gasteiger charge is 2.09. The van der Waals surface area contributed by atoms with Crippen LogP contribution in [-0.4, -0.2) is 24.1 Å². The molecule has 0 aliphatic carbocycles. The van der Waals surface area contributed by atoms with Gasteiger partial charge in [-0.25, -0.2) is 0 Å². The second-order valence-corrected chi connectivity index (χ2v) is 7.40. The number of halogens is 1. The Hall–Kier alpha value is 0.01000. The van der Waals surface area contributed by atoms with Crippen LogP contribution in [0.1, 0.15) is 32.8 Å². The summed E-state index contributed by atoms with van der Waals surface area (Å²) in [4.78, 5) is 0. The van der Waals surface area contributed by atoms with Crippen molar-refractivity contribution in [1.29, 1.82) is 0 Å². The highest BCUT2D eigenvalue weighted by molar-refractivity contribution is 9.10. The second kappa shape index (κ2) is 9.84. The van der Waals surface area contributed by atoms with Gasteiger partial charge >= 0.3 is 0 Å². The molecule has 0 saturated carbocycles. The van der Waals surface area contributed by atoms with Gasteiger partial charge in [0.2, 0.25) is 0 Å². The number of nitrogens with one attached hydrogen (secondary N) is 1. The third-order valence-corrected chi connectivity index (χ3v) is 4.92. The molecule has 0 spiro atoms.